The van der Waals surface area contributed by atoms with E-state index in [0.29, 0.717) is 12.0 Å². The van der Waals surface area contributed by atoms with Gasteiger partial charge in [-0.1, -0.05) is 0 Å². The molecule has 1 saturated carbocycles. The van der Waals surface area contributed by atoms with E-state index in [-0.39, 0.29) is 0 Å². The minimum Gasteiger partial charge on any atom is -0.396 e. The Morgan fingerprint density at radius 1 is 1.64 bits per heavy atom. The Balaban J connectivity index is 1.82. The van der Waals surface area contributed by atoms with E-state index in [2.05, 4.69) is 26.2 Å². The molecule has 5 heteroatoms. The summed E-state index contributed by atoms with van der Waals surface area (Å²) < 4.78 is 0.886. The third kappa shape index (κ3) is 2.46. The van der Waals surface area contributed by atoms with Crippen molar-refractivity contribution in [3.63, 3.8) is 0 Å². The first-order valence-corrected chi connectivity index (χ1v) is 6.37. The van der Waals surface area contributed by atoms with Gasteiger partial charge >= 0.3 is 0 Å². The third-order valence-corrected chi connectivity index (χ3v) is 4.20. The molecule has 0 atom stereocenters. The second kappa shape index (κ2) is 4.16. The maximum atomic E-state index is 8.89. The highest BCUT2D eigenvalue weighted by molar-refractivity contribution is 9.10. The van der Waals surface area contributed by atoms with Gasteiger partial charge in [-0.25, -0.2) is 4.98 Å². The van der Waals surface area contributed by atoms with E-state index in [9.17, 15) is 0 Å². The molecule has 1 aliphatic rings. The summed E-state index contributed by atoms with van der Waals surface area (Å²) in [6, 6.07) is 0. The number of nitrogens with one attached hydrogen (secondary N) is 1. The molecule has 0 unspecified atom stereocenters. The lowest BCUT2D eigenvalue weighted by molar-refractivity contribution is 0.253. The molecule has 14 heavy (non-hydrogen) atoms. The molecule has 78 valence electrons. The standard InChI is InChI=1S/C9H13BrN2OS/c10-7-5-14-8(12-7)11-6-9(1-2-9)3-4-13/h5,13H,1-4,6H2,(H,11,12). The molecule has 1 fully saturated rings. The number of rotatable bonds is 5. The molecule has 1 aromatic heterocycles. The summed E-state index contributed by atoms with van der Waals surface area (Å²) in [5.74, 6) is 0. The van der Waals surface area contributed by atoms with Gasteiger partial charge < -0.3 is 10.4 Å². The monoisotopic (exact) mass is 276 g/mol. The normalized spacial score (nSPS) is 18.1. The maximum absolute atomic E-state index is 8.89. The Morgan fingerprint density at radius 3 is 2.93 bits per heavy atom. The number of thiazole rings is 1. The van der Waals surface area contributed by atoms with Gasteiger partial charge in [-0.05, 0) is 40.6 Å². The number of halogens is 1. The Labute approximate surface area is 95.7 Å². The van der Waals surface area contributed by atoms with E-state index in [4.69, 9.17) is 5.11 Å². The van der Waals surface area contributed by atoms with E-state index < -0.39 is 0 Å². The van der Waals surface area contributed by atoms with Crippen LogP contribution in [0.2, 0.25) is 0 Å². The van der Waals surface area contributed by atoms with Gasteiger partial charge in [-0.3, -0.25) is 0 Å². The second-order valence-corrected chi connectivity index (χ2v) is 5.47. The molecule has 3 nitrogen and oxygen atoms in total. The fraction of sp³-hybridized carbons (Fsp3) is 0.667. The lowest BCUT2D eigenvalue weighted by atomic mass is 10.0. The third-order valence-electron chi connectivity index (χ3n) is 2.69. The molecule has 0 saturated heterocycles. The fourth-order valence-corrected chi connectivity index (χ4v) is 2.67. The second-order valence-electron chi connectivity index (χ2n) is 3.80. The molecule has 1 aliphatic carbocycles. The average Bonchev–Trinajstić information content (AvgIpc) is 2.80. The largest absolute Gasteiger partial charge is 0.396 e. The minimum atomic E-state index is 0.295. The summed E-state index contributed by atoms with van der Waals surface area (Å²) in [4.78, 5) is 4.26. The summed E-state index contributed by atoms with van der Waals surface area (Å²) in [6.07, 6.45) is 3.37. The van der Waals surface area contributed by atoms with Gasteiger partial charge in [0.25, 0.3) is 0 Å². The fourth-order valence-electron chi connectivity index (χ4n) is 1.53. The SMILES string of the molecule is OCCC1(CNc2nc(Br)cs2)CC1. The summed E-state index contributed by atoms with van der Waals surface area (Å²) in [5, 5.41) is 15.1. The van der Waals surface area contributed by atoms with E-state index in [1.165, 1.54) is 12.8 Å². The number of aliphatic hydroxyl groups excluding tert-OH is 1. The van der Waals surface area contributed by atoms with Gasteiger partial charge in [-0.2, -0.15) is 0 Å². The lowest BCUT2D eigenvalue weighted by Crippen LogP contribution is -2.16. The molecule has 2 N–H and O–H groups in total. The van der Waals surface area contributed by atoms with Crippen molar-refractivity contribution in [2.75, 3.05) is 18.5 Å². The molecule has 0 spiro atoms. The van der Waals surface area contributed by atoms with Crippen LogP contribution in [0.3, 0.4) is 0 Å². The highest BCUT2D eigenvalue weighted by Crippen LogP contribution is 2.48. The molecular formula is C9H13BrN2OS. The van der Waals surface area contributed by atoms with Crippen LogP contribution in [-0.2, 0) is 0 Å². The Morgan fingerprint density at radius 2 is 2.43 bits per heavy atom. The minimum absolute atomic E-state index is 0.295. The lowest BCUT2D eigenvalue weighted by Gasteiger charge is -2.13. The zero-order valence-corrected chi connectivity index (χ0v) is 10.2. The first-order valence-electron chi connectivity index (χ1n) is 4.70. The van der Waals surface area contributed by atoms with E-state index in [0.717, 1.165) is 22.7 Å². The molecule has 0 radical (unpaired) electrons. The van der Waals surface area contributed by atoms with Crippen molar-refractivity contribution in [1.82, 2.24) is 4.98 Å². The van der Waals surface area contributed by atoms with Crippen molar-refractivity contribution < 1.29 is 5.11 Å². The number of anilines is 1. The van der Waals surface area contributed by atoms with Crippen molar-refractivity contribution in [2.45, 2.75) is 19.3 Å². The number of hydrogen-bond donors (Lipinski definition) is 2. The molecule has 0 aromatic carbocycles. The number of aliphatic hydroxyl groups is 1. The first-order chi connectivity index (χ1) is 6.74. The topological polar surface area (TPSA) is 45.1 Å². The van der Waals surface area contributed by atoms with Crippen molar-refractivity contribution >= 4 is 32.4 Å². The van der Waals surface area contributed by atoms with Crippen molar-refractivity contribution in [2.24, 2.45) is 5.41 Å². The Hall–Kier alpha value is -0.130. The maximum Gasteiger partial charge on any atom is 0.183 e. The van der Waals surface area contributed by atoms with Crippen LogP contribution in [0.5, 0.6) is 0 Å². The van der Waals surface area contributed by atoms with Gasteiger partial charge in [-0.15, -0.1) is 11.3 Å². The molecule has 1 aromatic rings. The van der Waals surface area contributed by atoms with Gasteiger partial charge in [0.1, 0.15) is 4.60 Å². The van der Waals surface area contributed by atoms with Crippen LogP contribution in [-0.4, -0.2) is 23.2 Å². The van der Waals surface area contributed by atoms with Crippen LogP contribution in [0.15, 0.2) is 9.98 Å². The predicted octanol–water partition coefficient (Wildman–Crippen LogP) is 2.48. The summed E-state index contributed by atoms with van der Waals surface area (Å²) >= 11 is 4.92. The molecule has 0 bridgehead atoms. The Kier molecular flexibility index (Phi) is 3.09. The summed E-state index contributed by atoms with van der Waals surface area (Å²) in [5.41, 5.74) is 0.354. The van der Waals surface area contributed by atoms with Gasteiger partial charge in [0.05, 0.1) is 0 Å². The van der Waals surface area contributed by atoms with Crippen LogP contribution in [0.4, 0.5) is 5.13 Å². The number of nitrogens with zero attached hydrogens (tertiary/aromatic N) is 1. The van der Waals surface area contributed by atoms with Crippen LogP contribution >= 0.6 is 27.3 Å². The average molecular weight is 277 g/mol. The van der Waals surface area contributed by atoms with Crippen LogP contribution in [0.1, 0.15) is 19.3 Å². The molecule has 0 amide bonds. The highest BCUT2D eigenvalue weighted by atomic mass is 79.9. The predicted molar refractivity (Wildman–Crippen MR) is 61.7 cm³/mol. The van der Waals surface area contributed by atoms with Gasteiger partial charge in [0.15, 0.2) is 5.13 Å². The molecule has 2 rings (SSSR count). The summed E-state index contributed by atoms with van der Waals surface area (Å²) in [7, 11) is 0. The zero-order valence-electron chi connectivity index (χ0n) is 7.79. The van der Waals surface area contributed by atoms with E-state index in [1.54, 1.807) is 11.3 Å². The number of hydrogen-bond acceptors (Lipinski definition) is 4. The number of aromatic nitrogens is 1. The van der Waals surface area contributed by atoms with Gasteiger partial charge in [0, 0.05) is 18.5 Å². The highest BCUT2D eigenvalue weighted by Gasteiger charge is 2.41. The first kappa shape index (κ1) is 10.4. The van der Waals surface area contributed by atoms with E-state index in [1.807, 2.05) is 5.38 Å². The van der Waals surface area contributed by atoms with Crippen molar-refractivity contribution in [3.8, 4) is 0 Å². The Bertz CT molecular complexity index is 312. The molecule has 0 aliphatic heterocycles. The molecule has 1 heterocycles. The zero-order chi connectivity index (χ0) is 10.0. The van der Waals surface area contributed by atoms with Crippen LogP contribution in [0.25, 0.3) is 0 Å². The van der Waals surface area contributed by atoms with Crippen LogP contribution < -0.4 is 5.32 Å². The summed E-state index contributed by atoms with van der Waals surface area (Å²) in [6.45, 7) is 1.23. The van der Waals surface area contributed by atoms with Crippen LogP contribution in [0, 0.1) is 5.41 Å². The van der Waals surface area contributed by atoms with Gasteiger partial charge in [0.2, 0.25) is 0 Å². The molecular weight excluding hydrogens is 264 g/mol. The van der Waals surface area contributed by atoms with Crippen molar-refractivity contribution in [3.05, 3.63) is 9.98 Å². The smallest absolute Gasteiger partial charge is 0.183 e. The van der Waals surface area contributed by atoms with E-state index >= 15 is 0 Å². The van der Waals surface area contributed by atoms with Crippen molar-refractivity contribution in [1.29, 1.82) is 0 Å². The quantitative estimate of drug-likeness (QED) is 0.869.